The molecule has 2 N–H and O–H groups in total. The van der Waals surface area contributed by atoms with Crippen molar-refractivity contribution >= 4 is 40.7 Å². The van der Waals surface area contributed by atoms with Crippen LogP contribution < -0.4 is 15.5 Å². The maximum atomic E-state index is 14.1. The van der Waals surface area contributed by atoms with Crippen LogP contribution in [0.25, 0.3) is 17.2 Å². The van der Waals surface area contributed by atoms with Crippen LogP contribution in [0.4, 0.5) is 24.5 Å². The predicted molar refractivity (Wildman–Crippen MR) is 178 cm³/mol. The average molecular weight is 714 g/mol. The number of piperidine rings is 1. The predicted octanol–water partition coefficient (Wildman–Crippen LogP) is 3.34. The van der Waals surface area contributed by atoms with Gasteiger partial charge in [-0.2, -0.15) is 18.3 Å². The molecule has 0 unspecified atom stereocenters. The van der Waals surface area contributed by atoms with Crippen molar-refractivity contribution in [1.29, 1.82) is 0 Å². The third-order valence-electron chi connectivity index (χ3n) is 8.82. The number of aromatic nitrogens is 6. The van der Waals surface area contributed by atoms with Crippen molar-refractivity contribution in [3.63, 3.8) is 0 Å². The summed E-state index contributed by atoms with van der Waals surface area (Å²) < 4.78 is 44.4. The van der Waals surface area contributed by atoms with Gasteiger partial charge < -0.3 is 29.9 Å². The Morgan fingerprint density at radius 3 is 2.26 bits per heavy atom. The largest absolute Gasteiger partial charge is 0.435 e. The van der Waals surface area contributed by atoms with Gasteiger partial charge in [-0.05, 0) is 44.1 Å². The van der Waals surface area contributed by atoms with E-state index in [1.54, 1.807) is 23.9 Å². The number of alkyl halides is 3. The third kappa shape index (κ3) is 7.14. The molecule has 5 heterocycles. The molecule has 14 nitrogen and oxygen atoms in total. The van der Waals surface area contributed by atoms with Gasteiger partial charge in [0, 0.05) is 65.1 Å². The summed E-state index contributed by atoms with van der Waals surface area (Å²) in [5.41, 5.74) is -0.406. The Morgan fingerprint density at radius 2 is 1.64 bits per heavy atom. The number of nitrogens with one attached hydrogen (secondary N) is 2. The van der Waals surface area contributed by atoms with E-state index < -0.39 is 17.8 Å². The number of imidazole rings is 1. The van der Waals surface area contributed by atoms with Crippen LogP contribution in [0.15, 0.2) is 43.0 Å². The van der Waals surface area contributed by atoms with E-state index in [0.29, 0.717) is 31.9 Å². The zero-order valence-electron chi connectivity index (χ0n) is 27.5. The molecule has 2 aliphatic heterocycles. The lowest BCUT2D eigenvalue weighted by molar-refractivity contribution is -0.141. The van der Waals surface area contributed by atoms with Crippen molar-refractivity contribution in [3.8, 4) is 17.2 Å². The summed E-state index contributed by atoms with van der Waals surface area (Å²) in [6.45, 7) is 3.27. The summed E-state index contributed by atoms with van der Waals surface area (Å²) in [4.78, 5) is 57.0. The molecule has 6 rings (SSSR count). The van der Waals surface area contributed by atoms with Crippen molar-refractivity contribution < 1.29 is 27.6 Å². The van der Waals surface area contributed by atoms with E-state index in [-0.39, 0.29) is 57.0 Å². The SMILES string of the molecule is CN(C)c1cnc(-n2cc(-c3cnc(C(=O)Nc4ccc(C(=O)N5CCN(C(=O)C6CCNCC6)CC5)c(Cl)c4)n3C)c(C(F)(F)F)n2)nc1. The number of amides is 3. The summed E-state index contributed by atoms with van der Waals surface area (Å²) >= 11 is 6.49. The molecule has 0 bridgehead atoms. The highest BCUT2D eigenvalue weighted by atomic mass is 35.5. The number of anilines is 2. The van der Waals surface area contributed by atoms with Gasteiger partial charge in [-0.3, -0.25) is 14.4 Å². The molecule has 2 saturated heterocycles. The van der Waals surface area contributed by atoms with E-state index in [1.165, 1.54) is 42.2 Å². The van der Waals surface area contributed by atoms with Gasteiger partial charge in [-0.15, -0.1) is 0 Å². The van der Waals surface area contributed by atoms with Gasteiger partial charge in [0.05, 0.1) is 46.1 Å². The summed E-state index contributed by atoms with van der Waals surface area (Å²) in [6, 6.07) is 4.42. The number of nitrogens with zero attached hydrogens (tertiary/aromatic N) is 9. The molecule has 0 saturated carbocycles. The number of hydrogen-bond donors (Lipinski definition) is 2. The standard InChI is InChI=1S/C32H35ClF3N11O3/c1-43(2)21-15-39-31(40-16-21)47-18-23(26(42-47)32(34,35)36)25-17-38-27(44(25)3)28(48)41-20-4-5-22(24(33)14-20)30(50)46-12-10-45(11-13-46)29(49)19-6-8-37-9-7-19/h4-5,14-19,37H,6-13H2,1-3H3,(H,41,48). The molecule has 18 heteroatoms. The average Bonchev–Trinajstić information content (AvgIpc) is 3.72. The second-order valence-corrected chi connectivity index (χ2v) is 12.7. The molecular weight excluding hydrogens is 679 g/mol. The molecule has 2 aliphatic rings. The number of benzene rings is 1. The fourth-order valence-corrected chi connectivity index (χ4v) is 6.25. The first-order chi connectivity index (χ1) is 23.8. The van der Waals surface area contributed by atoms with Gasteiger partial charge in [-0.1, -0.05) is 11.6 Å². The van der Waals surface area contributed by atoms with Crippen LogP contribution in [-0.4, -0.2) is 110 Å². The fraction of sp³-hybridized carbons (Fsp3) is 0.406. The van der Waals surface area contributed by atoms with Crippen molar-refractivity contribution in [2.75, 3.05) is 63.6 Å². The Labute approximate surface area is 290 Å². The van der Waals surface area contributed by atoms with Gasteiger partial charge in [0.15, 0.2) is 11.5 Å². The fourth-order valence-electron chi connectivity index (χ4n) is 5.99. The number of hydrogen-bond acceptors (Lipinski definition) is 9. The molecular formula is C32H35ClF3N11O3. The maximum absolute atomic E-state index is 14.1. The highest BCUT2D eigenvalue weighted by Gasteiger charge is 2.39. The van der Waals surface area contributed by atoms with Crippen molar-refractivity contribution in [3.05, 3.63) is 65.1 Å². The van der Waals surface area contributed by atoms with E-state index in [2.05, 4.69) is 30.7 Å². The Bertz CT molecular complexity index is 1890. The zero-order chi connectivity index (χ0) is 35.7. The van der Waals surface area contributed by atoms with Crippen LogP contribution in [0.2, 0.25) is 5.02 Å². The first kappa shape index (κ1) is 34.8. The minimum atomic E-state index is -4.83. The molecule has 0 radical (unpaired) electrons. The first-order valence-electron chi connectivity index (χ1n) is 15.9. The van der Waals surface area contributed by atoms with Crippen LogP contribution in [0.5, 0.6) is 0 Å². The Balaban J connectivity index is 1.13. The van der Waals surface area contributed by atoms with Gasteiger partial charge in [0.1, 0.15) is 0 Å². The third-order valence-corrected chi connectivity index (χ3v) is 9.13. The van der Waals surface area contributed by atoms with Crippen LogP contribution in [-0.2, 0) is 18.0 Å². The lowest BCUT2D eigenvalue weighted by atomic mass is 9.96. The summed E-state index contributed by atoms with van der Waals surface area (Å²) in [5, 5.41) is 9.71. The summed E-state index contributed by atoms with van der Waals surface area (Å²) in [5.74, 6) is -1.12. The lowest BCUT2D eigenvalue weighted by Crippen LogP contribution is -2.52. The summed E-state index contributed by atoms with van der Waals surface area (Å²) in [6.07, 6.45) is 1.99. The number of piperazine rings is 1. The number of carbonyl (C=O) groups excluding carboxylic acids is 3. The van der Waals surface area contributed by atoms with Gasteiger partial charge in [0.25, 0.3) is 17.8 Å². The van der Waals surface area contributed by atoms with Gasteiger partial charge >= 0.3 is 6.18 Å². The highest BCUT2D eigenvalue weighted by molar-refractivity contribution is 6.34. The first-order valence-corrected chi connectivity index (χ1v) is 16.3. The molecule has 0 aliphatic carbocycles. The molecule has 50 heavy (non-hydrogen) atoms. The molecule has 2 fully saturated rings. The molecule has 0 atom stereocenters. The van der Waals surface area contributed by atoms with Gasteiger partial charge in [0.2, 0.25) is 5.91 Å². The smallest absolute Gasteiger partial charge is 0.375 e. The normalized spacial score (nSPS) is 15.7. The van der Waals surface area contributed by atoms with E-state index in [1.807, 2.05) is 4.90 Å². The van der Waals surface area contributed by atoms with Crippen LogP contribution >= 0.6 is 11.6 Å². The minimum absolute atomic E-state index is 0.0105. The number of halogens is 4. The minimum Gasteiger partial charge on any atom is -0.375 e. The number of carbonyl (C=O) groups is 3. The highest BCUT2D eigenvalue weighted by Crippen LogP contribution is 2.37. The van der Waals surface area contributed by atoms with E-state index in [9.17, 15) is 27.6 Å². The van der Waals surface area contributed by atoms with Crippen molar-refractivity contribution in [2.24, 2.45) is 13.0 Å². The van der Waals surface area contributed by atoms with Crippen LogP contribution in [0.1, 0.15) is 39.5 Å². The van der Waals surface area contributed by atoms with E-state index in [0.717, 1.165) is 43.0 Å². The number of rotatable bonds is 7. The second-order valence-electron chi connectivity index (χ2n) is 12.3. The summed E-state index contributed by atoms with van der Waals surface area (Å²) in [7, 11) is 4.96. The van der Waals surface area contributed by atoms with Gasteiger partial charge in [-0.25, -0.2) is 19.6 Å². The Morgan fingerprint density at radius 1 is 0.980 bits per heavy atom. The van der Waals surface area contributed by atoms with Crippen molar-refractivity contribution in [1.82, 2.24) is 44.4 Å². The lowest BCUT2D eigenvalue weighted by Gasteiger charge is -2.37. The topological polar surface area (TPSA) is 146 Å². The molecule has 0 spiro atoms. The monoisotopic (exact) mass is 713 g/mol. The van der Waals surface area contributed by atoms with E-state index >= 15 is 0 Å². The van der Waals surface area contributed by atoms with Crippen LogP contribution in [0, 0.1) is 5.92 Å². The maximum Gasteiger partial charge on any atom is 0.435 e. The molecule has 3 aromatic heterocycles. The Kier molecular flexibility index (Phi) is 9.80. The molecule has 264 valence electrons. The second kappa shape index (κ2) is 14.1. The molecule has 1 aromatic carbocycles. The zero-order valence-corrected chi connectivity index (χ0v) is 28.3. The molecule has 3 amide bonds. The van der Waals surface area contributed by atoms with Crippen molar-refractivity contribution in [2.45, 2.75) is 19.0 Å². The van der Waals surface area contributed by atoms with E-state index in [4.69, 9.17) is 11.6 Å². The quantitative estimate of drug-likeness (QED) is 0.295. The molecule has 4 aromatic rings. The Hall–Kier alpha value is -5.03. The van der Waals surface area contributed by atoms with Crippen LogP contribution in [0.3, 0.4) is 0 Å².